The van der Waals surface area contributed by atoms with Gasteiger partial charge in [0, 0.05) is 24.2 Å². The van der Waals surface area contributed by atoms with Crippen LogP contribution in [0.2, 0.25) is 0 Å². The number of benzene rings is 1. The van der Waals surface area contributed by atoms with Crippen molar-refractivity contribution in [2.45, 2.75) is 87.7 Å². The maximum absolute atomic E-state index is 14.0. The van der Waals surface area contributed by atoms with Crippen LogP contribution in [-0.4, -0.2) is 48.1 Å². The lowest BCUT2D eigenvalue weighted by Gasteiger charge is -2.44. The summed E-state index contributed by atoms with van der Waals surface area (Å²) in [6, 6.07) is 0.782. The van der Waals surface area contributed by atoms with Gasteiger partial charge in [0.1, 0.15) is 11.4 Å². The van der Waals surface area contributed by atoms with Crippen LogP contribution in [0.25, 0.3) is 0 Å². The summed E-state index contributed by atoms with van der Waals surface area (Å²) >= 11 is 0. The number of hydrogen-bond acceptors (Lipinski definition) is 4. The molecule has 4 rings (SSSR count). The van der Waals surface area contributed by atoms with E-state index in [2.05, 4.69) is 4.72 Å². The Balaban J connectivity index is 1.43. The highest BCUT2D eigenvalue weighted by Gasteiger charge is 2.50. The first-order valence-corrected chi connectivity index (χ1v) is 12.7. The van der Waals surface area contributed by atoms with Crippen LogP contribution in [0, 0.1) is 23.4 Å². The van der Waals surface area contributed by atoms with Gasteiger partial charge >= 0.3 is 0 Å². The maximum atomic E-state index is 14.0. The largest absolute Gasteiger partial charge is 0.335 e. The van der Waals surface area contributed by atoms with E-state index >= 15 is 0 Å². The van der Waals surface area contributed by atoms with Crippen LogP contribution in [0.3, 0.4) is 0 Å². The second-order valence-corrected chi connectivity index (χ2v) is 12.0. The minimum Gasteiger partial charge on any atom is -0.335 e. The van der Waals surface area contributed by atoms with Crippen molar-refractivity contribution in [1.29, 1.82) is 0 Å². The molecule has 6 nitrogen and oxygen atoms in total. The number of hydrogen-bond donors (Lipinski definition) is 2. The van der Waals surface area contributed by atoms with Gasteiger partial charge in [-0.05, 0) is 76.3 Å². The summed E-state index contributed by atoms with van der Waals surface area (Å²) in [6.07, 6.45) is 4.13. The highest BCUT2D eigenvalue weighted by molar-refractivity contribution is 7.90. The van der Waals surface area contributed by atoms with E-state index in [1.165, 1.54) is 0 Å². The molecule has 10 heteroatoms. The van der Waals surface area contributed by atoms with Gasteiger partial charge in [0.2, 0.25) is 15.9 Å². The number of carbonyl (C=O) groups excluding carboxylic acids is 1. The number of sulfonamides is 1. The Labute approximate surface area is 186 Å². The Hall–Kier alpha value is -1.65. The smallest absolute Gasteiger partial charge is 0.243 e. The molecule has 3 N–H and O–H groups in total. The van der Waals surface area contributed by atoms with Crippen LogP contribution >= 0.6 is 0 Å². The van der Waals surface area contributed by atoms with Crippen molar-refractivity contribution >= 4 is 15.9 Å². The summed E-state index contributed by atoms with van der Waals surface area (Å²) in [5.74, 6) is -3.41. The number of nitrogens with two attached hydrogens (primary N) is 1. The highest BCUT2D eigenvalue weighted by Crippen LogP contribution is 2.41. The zero-order valence-corrected chi connectivity index (χ0v) is 19.1. The summed E-state index contributed by atoms with van der Waals surface area (Å²) in [6.45, 7) is 3.19. The van der Waals surface area contributed by atoms with Crippen LogP contribution in [0.5, 0.6) is 0 Å². The molecule has 2 heterocycles. The van der Waals surface area contributed by atoms with Crippen molar-refractivity contribution in [2.24, 2.45) is 11.7 Å². The maximum Gasteiger partial charge on any atom is 0.243 e. The quantitative estimate of drug-likeness (QED) is 0.596. The summed E-state index contributed by atoms with van der Waals surface area (Å²) < 4.78 is 68.1. The SMILES string of the molecule is CC(C)(NS(=O)(=O)C1CC1)C(=O)N1[C@@H]2CC[C@H]1C[C@H]([C@H](N)Cc1cc(F)c(F)cc1F)C2. The Morgan fingerprint density at radius 1 is 1.09 bits per heavy atom. The molecule has 1 aliphatic carbocycles. The van der Waals surface area contributed by atoms with Crippen molar-refractivity contribution in [2.75, 3.05) is 0 Å². The van der Waals surface area contributed by atoms with E-state index in [4.69, 9.17) is 5.73 Å². The number of fused-ring (bicyclic) bond motifs is 2. The molecule has 3 fully saturated rings. The second-order valence-electron chi connectivity index (χ2n) is 10.0. The van der Waals surface area contributed by atoms with Gasteiger partial charge in [-0.15, -0.1) is 0 Å². The fourth-order valence-corrected chi connectivity index (χ4v) is 6.95. The Morgan fingerprint density at radius 3 is 2.22 bits per heavy atom. The number of nitrogens with one attached hydrogen (secondary N) is 1. The van der Waals surface area contributed by atoms with Gasteiger partial charge in [-0.1, -0.05) is 0 Å². The predicted octanol–water partition coefficient (Wildman–Crippen LogP) is 2.60. The lowest BCUT2D eigenvalue weighted by Crippen LogP contribution is -2.61. The van der Waals surface area contributed by atoms with Crippen LogP contribution in [0.1, 0.15) is 57.9 Å². The van der Waals surface area contributed by atoms with E-state index < -0.39 is 44.3 Å². The number of carbonyl (C=O) groups is 1. The lowest BCUT2D eigenvalue weighted by molar-refractivity contribution is -0.141. The predicted molar refractivity (Wildman–Crippen MR) is 114 cm³/mol. The summed E-state index contributed by atoms with van der Waals surface area (Å²) in [4.78, 5) is 15.1. The molecule has 4 atom stereocenters. The molecule has 1 saturated carbocycles. The molecular weight excluding hydrogens is 443 g/mol. The average Bonchev–Trinajstić information content (AvgIpc) is 3.51. The first-order chi connectivity index (χ1) is 14.9. The molecule has 1 aromatic rings. The van der Waals surface area contributed by atoms with Crippen LogP contribution in [-0.2, 0) is 21.2 Å². The van der Waals surface area contributed by atoms with E-state index in [1.807, 2.05) is 0 Å². The van der Waals surface area contributed by atoms with Gasteiger partial charge in [-0.2, -0.15) is 4.72 Å². The molecule has 2 bridgehead atoms. The molecule has 0 spiro atoms. The third-order valence-electron chi connectivity index (χ3n) is 7.05. The Morgan fingerprint density at radius 2 is 1.66 bits per heavy atom. The van der Waals surface area contributed by atoms with E-state index in [-0.39, 0.29) is 35.9 Å². The van der Waals surface area contributed by atoms with Gasteiger partial charge < -0.3 is 10.6 Å². The van der Waals surface area contributed by atoms with E-state index in [1.54, 1.807) is 18.7 Å². The summed E-state index contributed by atoms with van der Waals surface area (Å²) in [5.41, 5.74) is 5.14. The van der Waals surface area contributed by atoms with Gasteiger partial charge in [-0.3, -0.25) is 4.79 Å². The van der Waals surface area contributed by atoms with Crippen LogP contribution in [0.4, 0.5) is 13.2 Å². The standard InChI is InChI=1S/C22H30F3N3O3S/c1-22(2,27-32(30,31)16-5-6-16)21(29)28-14-3-4-15(28)8-13(7-14)20(26)10-12-9-18(24)19(25)11-17(12)23/h9,11,13-16,20,27H,3-8,10,26H2,1-2H3/t13-,14-,15+,20-/m1/s1. The Bertz CT molecular complexity index is 999. The van der Waals surface area contributed by atoms with Crippen molar-refractivity contribution < 1.29 is 26.4 Å². The number of piperidine rings is 1. The first kappa shape index (κ1) is 23.5. The lowest BCUT2D eigenvalue weighted by atomic mass is 9.82. The molecule has 3 aliphatic rings. The molecule has 178 valence electrons. The molecule has 2 saturated heterocycles. The van der Waals surface area contributed by atoms with Gasteiger partial charge in [-0.25, -0.2) is 21.6 Å². The fourth-order valence-electron chi connectivity index (χ4n) is 5.22. The number of amides is 1. The van der Waals surface area contributed by atoms with E-state index in [9.17, 15) is 26.4 Å². The molecule has 0 radical (unpaired) electrons. The summed E-state index contributed by atoms with van der Waals surface area (Å²) in [7, 11) is -3.52. The number of nitrogens with zero attached hydrogens (tertiary/aromatic N) is 1. The fraction of sp³-hybridized carbons (Fsp3) is 0.682. The minimum atomic E-state index is -3.52. The number of rotatable bonds is 7. The molecular formula is C22H30F3N3O3S. The molecule has 32 heavy (non-hydrogen) atoms. The molecule has 2 aliphatic heterocycles. The average molecular weight is 474 g/mol. The minimum absolute atomic E-state index is 0.00432. The third kappa shape index (κ3) is 4.54. The molecule has 0 aromatic heterocycles. The van der Waals surface area contributed by atoms with Crippen molar-refractivity contribution in [1.82, 2.24) is 9.62 Å². The van der Waals surface area contributed by atoms with Crippen molar-refractivity contribution in [3.05, 3.63) is 35.1 Å². The normalized spacial score (nSPS) is 26.9. The molecule has 1 amide bonds. The molecule has 0 unspecified atom stereocenters. The van der Waals surface area contributed by atoms with Crippen LogP contribution in [0.15, 0.2) is 12.1 Å². The second kappa shape index (κ2) is 8.29. The monoisotopic (exact) mass is 473 g/mol. The number of halogens is 3. The molecule has 1 aromatic carbocycles. The van der Waals surface area contributed by atoms with Gasteiger partial charge in [0.15, 0.2) is 11.6 Å². The van der Waals surface area contributed by atoms with E-state index in [0.29, 0.717) is 31.7 Å². The topological polar surface area (TPSA) is 92.5 Å². The zero-order chi connectivity index (χ0) is 23.4. The van der Waals surface area contributed by atoms with Crippen molar-refractivity contribution in [3.8, 4) is 0 Å². The highest BCUT2D eigenvalue weighted by atomic mass is 32.2. The van der Waals surface area contributed by atoms with Crippen LogP contribution < -0.4 is 10.5 Å². The van der Waals surface area contributed by atoms with Gasteiger partial charge in [0.05, 0.1) is 5.25 Å². The van der Waals surface area contributed by atoms with E-state index in [0.717, 1.165) is 18.9 Å². The Kier molecular flexibility index (Phi) is 6.09. The third-order valence-corrected chi connectivity index (χ3v) is 9.19. The first-order valence-electron chi connectivity index (χ1n) is 11.1. The zero-order valence-electron chi connectivity index (χ0n) is 18.3. The summed E-state index contributed by atoms with van der Waals surface area (Å²) in [5, 5.41) is -0.410. The van der Waals surface area contributed by atoms with Gasteiger partial charge in [0.25, 0.3) is 0 Å². The van der Waals surface area contributed by atoms with Crippen molar-refractivity contribution in [3.63, 3.8) is 0 Å².